The van der Waals surface area contributed by atoms with Crippen LogP contribution >= 0.6 is 0 Å². The molecule has 0 aromatic heterocycles. The molecule has 2 aromatic carbocycles. The highest BCUT2D eigenvalue weighted by Gasteiger charge is 2.12. The van der Waals surface area contributed by atoms with E-state index in [1.165, 1.54) is 0 Å². The van der Waals surface area contributed by atoms with Crippen LogP contribution in [0.25, 0.3) is 0 Å². The fourth-order valence-corrected chi connectivity index (χ4v) is 2.10. The SMILES string of the molecule is COc1cc(C)c(COC(=O)c2ccc(C=O)cc2)cc1OC. The van der Waals surface area contributed by atoms with Gasteiger partial charge in [-0.2, -0.15) is 0 Å². The number of esters is 1. The van der Waals surface area contributed by atoms with Gasteiger partial charge in [0.1, 0.15) is 12.9 Å². The van der Waals surface area contributed by atoms with Crippen LogP contribution < -0.4 is 9.47 Å². The summed E-state index contributed by atoms with van der Waals surface area (Å²) in [4.78, 5) is 22.7. The number of methoxy groups -OCH3 is 2. The molecule has 0 radical (unpaired) electrons. The Morgan fingerprint density at radius 3 is 2.22 bits per heavy atom. The summed E-state index contributed by atoms with van der Waals surface area (Å²) < 4.78 is 15.8. The molecule has 2 aromatic rings. The maximum atomic E-state index is 12.0. The van der Waals surface area contributed by atoms with E-state index in [2.05, 4.69) is 0 Å². The Labute approximate surface area is 134 Å². The average Bonchev–Trinajstić information content (AvgIpc) is 2.60. The van der Waals surface area contributed by atoms with Crippen LogP contribution in [0.15, 0.2) is 36.4 Å². The summed E-state index contributed by atoms with van der Waals surface area (Å²) >= 11 is 0. The molecule has 0 fully saturated rings. The van der Waals surface area contributed by atoms with Gasteiger partial charge in [0.25, 0.3) is 0 Å². The molecule has 0 spiro atoms. The van der Waals surface area contributed by atoms with E-state index in [1.807, 2.05) is 13.0 Å². The van der Waals surface area contributed by atoms with Crippen LogP contribution in [-0.4, -0.2) is 26.5 Å². The van der Waals surface area contributed by atoms with E-state index in [4.69, 9.17) is 14.2 Å². The maximum Gasteiger partial charge on any atom is 0.338 e. The summed E-state index contributed by atoms with van der Waals surface area (Å²) in [6, 6.07) is 9.90. The van der Waals surface area contributed by atoms with Crippen molar-refractivity contribution < 1.29 is 23.8 Å². The van der Waals surface area contributed by atoms with Crippen molar-refractivity contribution in [3.63, 3.8) is 0 Å². The van der Waals surface area contributed by atoms with Gasteiger partial charge in [0.15, 0.2) is 11.5 Å². The molecule has 0 aliphatic heterocycles. The molecule has 0 atom stereocenters. The Balaban J connectivity index is 2.10. The highest BCUT2D eigenvalue weighted by molar-refractivity contribution is 5.90. The molecule has 0 saturated heterocycles. The van der Waals surface area contributed by atoms with Crippen LogP contribution in [0.2, 0.25) is 0 Å². The molecule has 0 amide bonds. The summed E-state index contributed by atoms with van der Waals surface area (Å²) in [5.41, 5.74) is 2.68. The Hall–Kier alpha value is -2.82. The molecule has 5 nitrogen and oxygen atoms in total. The molecule has 0 aliphatic rings. The number of hydrogen-bond donors (Lipinski definition) is 0. The Morgan fingerprint density at radius 2 is 1.65 bits per heavy atom. The Morgan fingerprint density at radius 1 is 1.04 bits per heavy atom. The third-order valence-electron chi connectivity index (χ3n) is 3.48. The van der Waals surface area contributed by atoms with Gasteiger partial charge < -0.3 is 14.2 Å². The minimum atomic E-state index is -0.448. The monoisotopic (exact) mass is 314 g/mol. The van der Waals surface area contributed by atoms with E-state index in [0.717, 1.165) is 17.4 Å². The van der Waals surface area contributed by atoms with Gasteiger partial charge in [-0.25, -0.2) is 4.79 Å². The molecule has 0 saturated carbocycles. The molecule has 0 heterocycles. The van der Waals surface area contributed by atoms with Gasteiger partial charge in [0.2, 0.25) is 0 Å². The molecular formula is C18H18O5. The lowest BCUT2D eigenvalue weighted by Gasteiger charge is -2.13. The molecule has 0 aliphatic carbocycles. The quantitative estimate of drug-likeness (QED) is 0.605. The van der Waals surface area contributed by atoms with E-state index in [9.17, 15) is 9.59 Å². The van der Waals surface area contributed by atoms with Crippen LogP contribution in [0.3, 0.4) is 0 Å². The number of carbonyl (C=O) groups excluding carboxylic acids is 2. The number of ether oxygens (including phenoxy) is 3. The summed E-state index contributed by atoms with van der Waals surface area (Å²) in [6.07, 6.45) is 0.724. The van der Waals surface area contributed by atoms with E-state index in [1.54, 1.807) is 44.6 Å². The zero-order valence-corrected chi connectivity index (χ0v) is 13.3. The van der Waals surface area contributed by atoms with E-state index in [-0.39, 0.29) is 6.61 Å². The summed E-state index contributed by atoms with van der Waals surface area (Å²) in [5, 5.41) is 0. The van der Waals surface area contributed by atoms with Gasteiger partial charge in [-0.15, -0.1) is 0 Å². The molecule has 0 unspecified atom stereocenters. The molecular weight excluding hydrogens is 296 g/mol. The van der Waals surface area contributed by atoms with Gasteiger partial charge >= 0.3 is 5.97 Å². The second-order valence-corrected chi connectivity index (χ2v) is 4.95. The third kappa shape index (κ3) is 3.88. The summed E-state index contributed by atoms with van der Waals surface area (Å²) in [6.45, 7) is 2.03. The number of carbonyl (C=O) groups is 2. The standard InChI is InChI=1S/C18H18O5/c1-12-8-16(21-2)17(22-3)9-15(12)11-23-18(20)14-6-4-13(10-19)5-7-14/h4-10H,11H2,1-3H3. The molecule has 120 valence electrons. The van der Waals surface area contributed by atoms with Crippen LogP contribution in [0.1, 0.15) is 31.8 Å². The normalized spacial score (nSPS) is 10.0. The topological polar surface area (TPSA) is 61.8 Å². The van der Waals surface area contributed by atoms with Gasteiger partial charge in [0, 0.05) is 5.56 Å². The highest BCUT2D eigenvalue weighted by atomic mass is 16.5. The number of hydrogen-bond acceptors (Lipinski definition) is 5. The molecule has 2 rings (SSSR count). The maximum absolute atomic E-state index is 12.0. The van der Waals surface area contributed by atoms with Crippen LogP contribution in [0, 0.1) is 6.92 Å². The Kier molecular flexibility index (Phi) is 5.36. The fraction of sp³-hybridized carbons (Fsp3) is 0.222. The van der Waals surface area contributed by atoms with E-state index < -0.39 is 5.97 Å². The minimum Gasteiger partial charge on any atom is -0.493 e. The van der Waals surface area contributed by atoms with Crippen LogP contribution in [0.5, 0.6) is 11.5 Å². The largest absolute Gasteiger partial charge is 0.493 e. The average molecular weight is 314 g/mol. The Bertz CT molecular complexity index is 704. The lowest BCUT2D eigenvalue weighted by atomic mass is 10.1. The second-order valence-electron chi connectivity index (χ2n) is 4.95. The number of aryl methyl sites for hydroxylation is 1. The molecule has 23 heavy (non-hydrogen) atoms. The first-order chi connectivity index (χ1) is 11.1. The van der Waals surface area contributed by atoms with Crippen molar-refractivity contribution in [3.05, 3.63) is 58.7 Å². The van der Waals surface area contributed by atoms with Crippen molar-refractivity contribution in [2.75, 3.05) is 14.2 Å². The molecule has 0 bridgehead atoms. The fourth-order valence-electron chi connectivity index (χ4n) is 2.10. The summed E-state index contributed by atoms with van der Waals surface area (Å²) in [7, 11) is 3.12. The molecule has 5 heteroatoms. The lowest BCUT2D eigenvalue weighted by molar-refractivity contribution is 0.0471. The second kappa shape index (κ2) is 7.45. The van der Waals surface area contributed by atoms with Gasteiger partial charge in [-0.05, 0) is 42.3 Å². The van der Waals surface area contributed by atoms with Crippen molar-refractivity contribution in [2.45, 2.75) is 13.5 Å². The first kappa shape index (κ1) is 16.5. The van der Waals surface area contributed by atoms with E-state index >= 15 is 0 Å². The minimum absolute atomic E-state index is 0.125. The van der Waals surface area contributed by atoms with Crippen molar-refractivity contribution in [3.8, 4) is 11.5 Å². The summed E-state index contributed by atoms with van der Waals surface area (Å²) in [5.74, 6) is 0.764. The zero-order valence-electron chi connectivity index (χ0n) is 13.3. The van der Waals surface area contributed by atoms with Crippen molar-refractivity contribution in [1.82, 2.24) is 0 Å². The highest BCUT2D eigenvalue weighted by Crippen LogP contribution is 2.30. The number of benzene rings is 2. The van der Waals surface area contributed by atoms with Crippen LogP contribution in [0.4, 0.5) is 0 Å². The van der Waals surface area contributed by atoms with Crippen molar-refractivity contribution in [1.29, 1.82) is 0 Å². The van der Waals surface area contributed by atoms with Crippen LogP contribution in [-0.2, 0) is 11.3 Å². The molecule has 0 N–H and O–H groups in total. The smallest absolute Gasteiger partial charge is 0.338 e. The predicted molar refractivity (Wildman–Crippen MR) is 85.2 cm³/mol. The third-order valence-corrected chi connectivity index (χ3v) is 3.48. The van der Waals surface area contributed by atoms with E-state index in [0.29, 0.717) is 22.6 Å². The zero-order chi connectivity index (χ0) is 16.8. The lowest BCUT2D eigenvalue weighted by Crippen LogP contribution is -2.06. The number of rotatable bonds is 6. The predicted octanol–water partition coefficient (Wildman–Crippen LogP) is 3.18. The van der Waals surface area contributed by atoms with Gasteiger partial charge in [-0.3, -0.25) is 4.79 Å². The first-order valence-electron chi connectivity index (χ1n) is 7.03. The van der Waals surface area contributed by atoms with Crippen molar-refractivity contribution in [2.24, 2.45) is 0 Å². The first-order valence-corrected chi connectivity index (χ1v) is 7.03. The van der Waals surface area contributed by atoms with Crippen molar-refractivity contribution >= 4 is 12.3 Å². The van der Waals surface area contributed by atoms with Gasteiger partial charge in [-0.1, -0.05) is 12.1 Å². The van der Waals surface area contributed by atoms with Gasteiger partial charge in [0.05, 0.1) is 19.8 Å². The number of aldehydes is 1.